The number of amides is 1. The minimum Gasteiger partial charge on any atom is -0.486 e. The smallest absolute Gasteiger partial charge is 0.416 e. The van der Waals surface area contributed by atoms with Crippen LogP contribution in [0.15, 0.2) is 71.1 Å². The van der Waals surface area contributed by atoms with Crippen molar-refractivity contribution in [2.75, 3.05) is 5.32 Å². The van der Waals surface area contributed by atoms with Gasteiger partial charge in [-0.25, -0.2) is 0 Å². The maximum Gasteiger partial charge on any atom is 0.416 e. The molecule has 0 aliphatic rings. The van der Waals surface area contributed by atoms with Gasteiger partial charge >= 0.3 is 6.18 Å². The summed E-state index contributed by atoms with van der Waals surface area (Å²) in [4.78, 5) is 23.9. The minimum atomic E-state index is -4.43. The fourth-order valence-corrected chi connectivity index (χ4v) is 3.45. The van der Waals surface area contributed by atoms with E-state index in [9.17, 15) is 22.8 Å². The van der Waals surface area contributed by atoms with Crippen LogP contribution in [0.1, 0.15) is 50.4 Å². The highest BCUT2D eigenvalue weighted by Gasteiger charge is 2.30. The second kappa shape index (κ2) is 10.1. The van der Waals surface area contributed by atoms with Crippen molar-refractivity contribution in [3.05, 3.63) is 101 Å². The number of aromatic nitrogens is 2. The van der Waals surface area contributed by atoms with Crippen molar-refractivity contribution in [2.24, 2.45) is 0 Å². The summed E-state index contributed by atoms with van der Waals surface area (Å²) in [5.41, 5.74) is 0.934. The molecule has 1 amide bonds. The Hall–Kier alpha value is -4.34. The van der Waals surface area contributed by atoms with Gasteiger partial charge in [0.2, 0.25) is 0 Å². The fourth-order valence-electron chi connectivity index (χ4n) is 3.45. The van der Waals surface area contributed by atoms with E-state index in [1.165, 1.54) is 23.7 Å². The lowest BCUT2D eigenvalue weighted by molar-refractivity contribution is -0.137. The number of nitrogens with one attached hydrogen (secondary N) is 1. The number of benzene rings is 2. The van der Waals surface area contributed by atoms with Crippen LogP contribution in [-0.2, 0) is 19.3 Å². The molecule has 2 aromatic heterocycles. The number of nitrogens with zero attached hydrogens (tertiary/aromatic N) is 2. The van der Waals surface area contributed by atoms with Gasteiger partial charge in [-0.05, 0) is 67.9 Å². The highest BCUT2D eigenvalue weighted by molar-refractivity contribution is 6.01. The number of anilines is 1. The molecule has 0 unspecified atom stereocenters. The normalized spacial score (nSPS) is 11.4. The molecule has 0 saturated heterocycles. The molecule has 1 N–H and O–H groups in total. The predicted molar refractivity (Wildman–Crippen MR) is 125 cm³/mol. The van der Waals surface area contributed by atoms with Crippen LogP contribution in [0.25, 0.3) is 0 Å². The Balaban J connectivity index is 1.36. The molecule has 0 aliphatic carbocycles. The Labute approximate surface area is 204 Å². The number of Topliss-reactive ketones (excluding diaryl/α,β-unsaturated/α-hetero) is 1. The van der Waals surface area contributed by atoms with E-state index in [4.69, 9.17) is 9.15 Å². The summed E-state index contributed by atoms with van der Waals surface area (Å²) in [6, 6.07) is 16.4. The van der Waals surface area contributed by atoms with Crippen LogP contribution in [0.3, 0.4) is 0 Å². The number of rotatable bonds is 8. The van der Waals surface area contributed by atoms with Gasteiger partial charge in [0.25, 0.3) is 5.91 Å². The molecule has 0 spiro atoms. The SMILES string of the molecule is CC(=O)c1ccc(OCc2ccc(C(=O)Nc3cc(C)n(Cc4cccc(C(F)(F)F)c4)n3)o2)cc1. The monoisotopic (exact) mass is 497 g/mol. The maximum absolute atomic E-state index is 13.0. The molecule has 0 aliphatic heterocycles. The number of furan rings is 1. The third-order valence-corrected chi connectivity index (χ3v) is 5.34. The van der Waals surface area contributed by atoms with Crippen LogP contribution < -0.4 is 10.1 Å². The number of aryl methyl sites for hydroxylation is 1. The summed E-state index contributed by atoms with van der Waals surface area (Å²) in [5.74, 6) is 0.677. The first kappa shape index (κ1) is 24.8. The average Bonchev–Trinajstić information content (AvgIpc) is 3.44. The quantitative estimate of drug-likeness (QED) is 0.307. The van der Waals surface area contributed by atoms with Crippen LogP contribution in [0.5, 0.6) is 5.75 Å². The molecule has 0 fully saturated rings. The Morgan fingerprint density at radius 1 is 1.06 bits per heavy atom. The molecular weight excluding hydrogens is 475 g/mol. The Morgan fingerprint density at radius 2 is 1.81 bits per heavy atom. The number of ketones is 1. The van der Waals surface area contributed by atoms with Gasteiger partial charge in [0.05, 0.1) is 12.1 Å². The minimum absolute atomic E-state index is 0.0427. The molecule has 10 heteroatoms. The van der Waals surface area contributed by atoms with Crippen molar-refractivity contribution in [3.63, 3.8) is 0 Å². The predicted octanol–water partition coefficient (Wildman–Crippen LogP) is 5.89. The van der Waals surface area contributed by atoms with Gasteiger partial charge in [-0.15, -0.1) is 0 Å². The van der Waals surface area contributed by atoms with Gasteiger partial charge in [-0.3, -0.25) is 14.3 Å². The summed E-state index contributed by atoms with van der Waals surface area (Å²) >= 11 is 0. The zero-order chi connectivity index (χ0) is 25.9. The number of alkyl halides is 3. The van der Waals surface area contributed by atoms with Crippen molar-refractivity contribution < 1.29 is 31.9 Å². The largest absolute Gasteiger partial charge is 0.486 e. The molecular formula is C26H22F3N3O4. The summed E-state index contributed by atoms with van der Waals surface area (Å²) in [6.07, 6.45) is -4.43. The van der Waals surface area contributed by atoms with Crippen molar-refractivity contribution in [2.45, 2.75) is 33.2 Å². The molecule has 2 aromatic carbocycles. The molecule has 7 nitrogen and oxygen atoms in total. The zero-order valence-electron chi connectivity index (χ0n) is 19.4. The van der Waals surface area contributed by atoms with Gasteiger partial charge in [0.15, 0.2) is 17.4 Å². The standard InChI is InChI=1S/C26H22F3N3O4/c1-16-12-24(31-32(16)14-18-4-3-5-20(13-18)26(27,28)29)30-25(34)23-11-10-22(36-23)15-35-21-8-6-19(7-9-21)17(2)33/h3-13H,14-15H2,1-2H3,(H,30,31,34). The van der Waals surface area contributed by atoms with E-state index in [0.717, 1.165) is 12.1 Å². The molecule has 0 radical (unpaired) electrons. The van der Waals surface area contributed by atoms with Crippen LogP contribution in [0.4, 0.5) is 19.0 Å². The third-order valence-electron chi connectivity index (χ3n) is 5.34. The molecule has 0 saturated carbocycles. The fraction of sp³-hybridized carbons (Fsp3) is 0.192. The van der Waals surface area contributed by atoms with Gasteiger partial charge in [0.1, 0.15) is 18.1 Å². The number of ether oxygens (including phenoxy) is 1. The number of carbonyl (C=O) groups excluding carboxylic acids is 2. The lowest BCUT2D eigenvalue weighted by Gasteiger charge is -2.09. The van der Waals surface area contributed by atoms with E-state index >= 15 is 0 Å². The average molecular weight is 497 g/mol. The van der Waals surface area contributed by atoms with E-state index in [0.29, 0.717) is 28.3 Å². The zero-order valence-corrected chi connectivity index (χ0v) is 19.4. The molecule has 186 valence electrons. The highest BCUT2D eigenvalue weighted by Crippen LogP contribution is 2.29. The topological polar surface area (TPSA) is 86.4 Å². The van der Waals surface area contributed by atoms with Crippen molar-refractivity contribution >= 4 is 17.5 Å². The molecule has 36 heavy (non-hydrogen) atoms. The van der Waals surface area contributed by atoms with Gasteiger partial charge in [0, 0.05) is 17.3 Å². The van der Waals surface area contributed by atoms with E-state index in [-0.39, 0.29) is 30.5 Å². The van der Waals surface area contributed by atoms with E-state index < -0.39 is 17.6 Å². The Bertz CT molecular complexity index is 1390. The van der Waals surface area contributed by atoms with Crippen LogP contribution in [0, 0.1) is 6.92 Å². The molecule has 2 heterocycles. The Kier molecular flexibility index (Phi) is 6.96. The maximum atomic E-state index is 13.0. The molecule has 4 rings (SSSR count). The van der Waals surface area contributed by atoms with Gasteiger partial charge in [-0.2, -0.15) is 18.3 Å². The second-order valence-electron chi connectivity index (χ2n) is 8.12. The number of halogens is 3. The van der Waals surface area contributed by atoms with Crippen LogP contribution in [0.2, 0.25) is 0 Å². The molecule has 0 atom stereocenters. The molecule has 0 bridgehead atoms. The van der Waals surface area contributed by atoms with E-state index in [1.54, 1.807) is 49.4 Å². The van der Waals surface area contributed by atoms with Gasteiger partial charge < -0.3 is 14.5 Å². The first-order chi connectivity index (χ1) is 17.1. The van der Waals surface area contributed by atoms with Crippen LogP contribution in [-0.4, -0.2) is 21.5 Å². The van der Waals surface area contributed by atoms with Crippen molar-refractivity contribution in [1.82, 2.24) is 9.78 Å². The lowest BCUT2D eigenvalue weighted by Crippen LogP contribution is -2.12. The van der Waals surface area contributed by atoms with E-state index in [1.807, 2.05) is 0 Å². The lowest BCUT2D eigenvalue weighted by atomic mass is 10.1. The van der Waals surface area contributed by atoms with Crippen LogP contribution >= 0.6 is 0 Å². The Morgan fingerprint density at radius 3 is 2.50 bits per heavy atom. The number of hydrogen-bond acceptors (Lipinski definition) is 5. The number of hydrogen-bond donors (Lipinski definition) is 1. The summed E-state index contributed by atoms with van der Waals surface area (Å²) in [6.45, 7) is 3.41. The first-order valence-corrected chi connectivity index (χ1v) is 10.9. The van der Waals surface area contributed by atoms with Crippen molar-refractivity contribution in [1.29, 1.82) is 0 Å². The second-order valence-corrected chi connectivity index (χ2v) is 8.12. The third kappa shape index (κ3) is 6.01. The number of carbonyl (C=O) groups is 2. The summed E-state index contributed by atoms with van der Waals surface area (Å²) in [5, 5.41) is 6.91. The van der Waals surface area contributed by atoms with E-state index in [2.05, 4.69) is 10.4 Å². The summed E-state index contributed by atoms with van der Waals surface area (Å²) < 4.78 is 51.6. The summed E-state index contributed by atoms with van der Waals surface area (Å²) in [7, 11) is 0. The molecule has 4 aromatic rings. The van der Waals surface area contributed by atoms with Gasteiger partial charge in [-0.1, -0.05) is 12.1 Å². The highest BCUT2D eigenvalue weighted by atomic mass is 19.4. The van der Waals surface area contributed by atoms with Crippen molar-refractivity contribution in [3.8, 4) is 5.75 Å². The first-order valence-electron chi connectivity index (χ1n) is 10.9.